The summed E-state index contributed by atoms with van der Waals surface area (Å²) < 4.78 is 0. The summed E-state index contributed by atoms with van der Waals surface area (Å²) in [6.07, 6.45) is 7.54. The van der Waals surface area contributed by atoms with E-state index in [1.807, 2.05) is 57.2 Å². The maximum atomic E-state index is 15.2. The molecule has 0 aliphatic heterocycles. The zero-order valence-corrected chi connectivity index (χ0v) is 31.9. The molecule has 3 fully saturated rings. The van der Waals surface area contributed by atoms with Gasteiger partial charge >= 0.3 is 5.97 Å². The largest absolute Gasteiger partial charge is 0.478 e. The van der Waals surface area contributed by atoms with Crippen LogP contribution in [0.4, 0.5) is 0 Å². The van der Waals surface area contributed by atoms with Gasteiger partial charge in [0.25, 0.3) is 0 Å². The van der Waals surface area contributed by atoms with Gasteiger partial charge in [-0.3, -0.25) is 14.6 Å². The molecule has 11 atom stereocenters. The SMILES string of the molecule is CC(=CC(O)C(CN=C(N)N)C(C)C1CC(O)C2(C)C3=C4C(=O)CC12CCCCCC41CCC(=O)C(C)(C)C1C(C=Cc1ccccc1)C3O)C(=O)O. The lowest BCUT2D eigenvalue weighted by Crippen LogP contribution is -2.64. The lowest BCUT2D eigenvalue weighted by atomic mass is 9.38. The average molecular weight is 730 g/mol. The lowest BCUT2D eigenvalue weighted by molar-refractivity contribution is -0.155. The second-order valence-corrected chi connectivity index (χ2v) is 17.7. The number of carboxylic acid groups (broad SMARTS) is 1. The number of carboxylic acids is 1. The number of nitrogens with zero attached hydrogens (tertiary/aromatic N) is 1. The Kier molecular flexibility index (Phi) is 10.5. The predicted molar refractivity (Wildman–Crippen MR) is 204 cm³/mol. The summed E-state index contributed by atoms with van der Waals surface area (Å²) >= 11 is 0. The van der Waals surface area contributed by atoms with Gasteiger partial charge in [0.2, 0.25) is 0 Å². The molecule has 10 heteroatoms. The minimum absolute atomic E-state index is 0.00620. The van der Waals surface area contributed by atoms with Crippen molar-refractivity contribution < 1.29 is 34.8 Å². The van der Waals surface area contributed by atoms with Gasteiger partial charge in [0.15, 0.2) is 11.7 Å². The molecular weight excluding hydrogens is 670 g/mol. The Labute approximate surface area is 313 Å². The first-order valence-electron chi connectivity index (χ1n) is 19.5. The maximum Gasteiger partial charge on any atom is 0.331 e. The van der Waals surface area contributed by atoms with Crippen LogP contribution in [0.2, 0.25) is 0 Å². The highest BCUT2D eigenvalue weighted by Crippen LogP contribution is 2.75. The van der Waals surface area contributed by atoms with E-state index in [0.717, 1.165) is 31.2 Å². The van der Waals surface area contributed by atoms with Crippen LogP contribution in [0.3, 0.4) is 0 Å². The molecule has 6 rings (SSSR count). The van der Waals surface area contributed by atoms with Crippen LogP contribution in [0.1, 0.15) is 98.0 Å². The van der Waals surface area contributed by atoms with Gasteiger partial charge in [-0.15, -0.1) is 0 Å². The lowest BCUT2D eigenvalue weighted by Gasteiger charge is -2.65. The second kappa shape index (κ2) is 14.2. The van der Waals surface area contributed by atoms with Crippen molar-refractivity contribution in [1.82, 2.24) is 0 Å². The van der Waals surface area contributed by atoms with Crippen LogP contribution in [0.15, 0.2) is 64.2 Å². The molecule has 2 bridgehead atoms. The van der Waals surface area contributed by atoms with Crippen LogP contribution in [0.5, 0.6) is 0 Å². The quantitative estimate of drug-likeness (QED) is 0.112. The fourth-order valence-electron chi connectivity index (χ4n) is 12.4. The fourth-order valence-corrected chi connectivity index (χ4v) is 12.4. The predicted octanol–water partition coefficient (Wildman–Crippen LogP) is 5.21. The number of carbonyl (C=O) groups is 3. The molecule has 0 amide bonds. The van der Waals surface area contributed by atoms with Crippen LogP contribution in [-0.2, 0) is 14.4 Å². The molecule has 1 aromatic rings. The number of Topliss-reactive ketones (excluding diaryl/α,β-unsaturated/α-hetero) is 2. The van der Waals surface area contributed by atoms with Gasteiger partial charge in [0.05, 0.1) is 18.3 Å². The van der Waals surface area contributed by atoms with Gasteiger partial charge in [-0.2, -0.15) is 0 Å². The van der Waals surface area contributed by atoms with Crippen molar-refractivity contribution in [2.75, 3.05) is 6.54 Å². The van der Waals surface area contributed by atoms with E-state index >= 15 is 4.79 Å². The van der Waals surface area contributed by atoms with Crippen LogP contribution >= 0.6 is 0 Å². The summed E-state index contributed by atoms with van der Waals surface area (Å²) in [4.78, 5) is 45.1. The van der Waals surface area contributed by atoms with Gasteiger partial charge < -0.3 is 31.9 Å². The number of carbonyl (C=O) groups excluding carboxylic acids is 2. The highest BCUT2D eigenvalue weighted by atomic mass is 16.4. The average Bonchev–Trinajstić information content (AvgIpc) is 3.32. The number of aliphatic hydroxyl groups excluding tert-OH is 3. The second-order valence-electron chi connectivity index (χ2n) is 17.7. The number of aliphatic carboxylic acids is 1. The van der Waals surface area contributed by atoms with Crippen molar-refractivity contribution in [3.63, 3.8) is 0 Å². The molecule has 0 radical (unpaired) electrons. The molecular formula is C43H59N3O7. The molecule has 0 aromatic heterocycles. The van der Waals surface area contributed by atoms with Crippen LogP contribution in [0.25, 0.3) is 6.08 Å². The topological polar surface area (TPSA) is 197 Å². The summed E-state index contributed by atoms with van der Waals surface area (Å²) in [5, 5.41) is 46.7. The van der Waals surface area contributed by atoms with E-state index in [-0.39, 0.29) is 53.8 Å². The maximum absolute atomic E-state index is 15.2. The molecule has 11 unspecified atom stereocenters. The van der Waals surface area contributed by atoms with E-state index in [4.69, 9.17) is 11.5 Å². The Morgan fingerprint density at radius 3 is 2.38 bits per heavy atom. The molecule has 10 nitrogen and oxygen atoms in total. The van der Waals surface area contributed by atoms with E-state index in [2.05, 4.69) is 18.0 Å². The number of guanidine groups is 1. The molecule has 53 heavy (non-hydrogen) atoms. The number of nitrogens with two attached hydrogens (primary N) is 2. The first-order chi connectivity index (χ1) is 24.9. The molecule has 0 saturated heterocycles. The normalized spacial score (nSPS) is 37.1. The van der Waals surface area contributed by atoms with Crippen molar-refractivity contribution in [1.29, 1.82) is 0 Å². The third-order valence-corrected chi connectivity index (χ3v) is 15.0. The molecule has 3 saturated carbocycles. The number of hydrogen-bond donors (Lipinski definition) is 6. The third-order valence-electron chi connectivity index (χ3n) is 15.0. The van der Waals surface area contributed by atoms with E-state index in [9.17, 15) is 30.0 Å². The molecule has 0 heterocycles. The van der Waals surface area contributed by atoms with Crippen LogP contribution in [-0.4, -0.2) is 68.8 Å². The number of aliphatic imine (C=N–C) groups is 1. The van der Waals surface area contributed by atoms with Crippen LogP contribution in [0, 0.1) is 51.2 Å². The molecule has 288 valence electrons. The number of rotatable bonds is 9. The Bertz CT molecular complexity index is 1740. The Morgan fingerprint density at radius 2 is 1.72 bits per heavy atom. The number of benzene rings is 1. The summed E-state index contributed by atoms with van der Waals surface area (Å²) in [7, 11) is 0. The monoisotopic (exact) mass is 729 g/mol. The zero-order valence-electron chi connectivity index (χ0n) is 31.9. The zero-order chi connectivity index (χ0) is 38.7. The highest BCUT2D eigenvalue weighted by Gasteiger charge is 2.73. The summed E-state index contributed by atoms with van der Waals surface area (Å²) in [5.41, 5.74) is 10.6. The van der Waals surface area contributed by atoms with E-state index in [1.165, 1.54) is 13.0 Å². The Morgan fingerprint density at radius 1 is 1.04 bits per heavy atom. The summed E-state index contributed by atoms with van der Waals surface area (Å²) in [6, 6.07) is 9.88. The highest BCUT2D eigenvalue weighted by molar-refractivity contribution is 6.01. The Hall–Kier alpha value is -3.60. The van der Waals surface area contributed by atoms with E-state index in [1.54, 1.807) is 0 Å². The number of aliphatic hydroxyl groups is 3. The molecule has 5 aliphatic carbocycles. The molecule has 1 aromatic carbocycles. The van der Waals surface area contributed by atoms with Crippen molar-refractivity contribution in [3.05, 3.63) is 64.8 Å². The van der Waals surface area contributed by atoms with Gasteiger partial charge in [-0.05, 0) is 73.0 Å². The third kappa shape index (κ3) is 6.13. The van der Waals surface area contributed by atoms with E-state index < -0.39 is 57.8 Å². The number of fused-ring (bicyclic) bond motifs is 2. The molecule has 5 aliphatic rings. The van der Waals surface area contributed by atoms with Gasteiger partial charge in [0.1, 0.15) is 5.78 Å². The van der Waals surface area contributed by atoms with Crippen LogP contribution < -0.4 is 11.5 Å². The standard InChI is InChI=1S/C43H59N3O7/c1-24(38(52)53)20-30(47)28(23-46-39(44)45)25(2)29-21-33(50)41(5)35-34-31(48)22-43(29,41)18-11-7-10-17-42(34)19-16-32(49)40(3,4)37(42)27(36(35)51)15-14-26-12-8-6-9-13-26/h6,8-9,12-15,20,25,27-30,33,36-37,47,50-51H,7,10-11,16-19,21-23H2,1-5H3,(H,52,53)(H4,44,45,46). The van der Waals surface area contributed by atoms with Gasteiger partial charge in [-0.1, -0.05) is 89.4 Å². The number of hydrogen-bond acceptors (Lipinski definition) is 7. The summed E-state index contributed by atoms with van der Waals surface area (Å²) in [5.74, 6) is -3.25. The smallest absolute Gasteiger partial charge is 0.331 e. The minimum Gasteiger partial charge on any atom is -0.478 e. The van der Waals surface area contributed by atoms with Crippen molar-refractivity contribution in [2.45, 2.75) is 111 Å². The Balaban J connectivity index is 1.56. The van der Waals surface area contributed by atoms with E-state index in [0.29, 0.717) is 36.8 Å². The number of ketones is 2. The fraction of sp³-hybridized carbons (Fsp3) is 0.628. The first kappa shape index (κ1) is 39.1. The molecule has 2 spiro atoms. The van der Waals surface area contributed by atoms with Gasteiger partial charge in [0, 0.05) is 58.6 Å². The van der Waals surface area contributed by atoms with Crippen molar-refractivity contribution in [2.24, 2.45) is 67.7 Å². The van der Waals surface area contributed by atoms with Crippen molar-refractivity contribution in [3.8, 4) is 0 Å². The number of allylic oxidation sites excluding steroid dienone is 1. The molecule has 8 N–H and O–H groups in total. The summed E-state index contributed by atoms with van der Waals surface area (Å²) in [6.45, 7) is 9.47. The van der Waals surface area contributed by atoms with Gasteiger partial charge in [-0.25, -0.2) is 4.79 Å². The minimum atomic E-state index is -1.21. The van der Waals surface area contributed by atoms with Crippen molar-refractivity contribution >= 4 is 29.6 Å². The first-order valence-corrected chi connectivity index (χ1v) is 19.5.